The number of nitrogens with two attached hydrogens (primary N) is 7. The summed E-state index contributed by atoms with van der Waals surface area (Å²) in [7, 11) is 0. The van der Waals surface area contributed by atoms with Gasteiger partial charge in [-0.3, -0.25) is 120 Å². The van der Waals surface area contributed by atoms with Crippen LogP contribution in [0.25, 0.3) is 0 Å². The minimum Gasteiger partial charge on any atom is -0.481 e. The molecule has 3 rings (SSSR count). The molecule has 0 radical (unpaired) electrons. The van der Waals surface area contributed by atoms with Crippen LogP contribution in [0, 0.1) is 29.6 Å². The Morgan fingerprint density at radius 2 is 0.767 bits per heavy atom. The first-order valence-corrected chi connectivity index (χ1v) is 49.7. The number of thiol groups is 1. The second kappa shape index (κ2) is 65.1. The van der Waals surface area contributed by atoms with E-state index in [4.69, 9.17) is 45.2 Å². The van der Waals surface area contributed by atoms with Crippen molar-refractivity contribution in [1.29, 1.82) is 0 Å². The molecule has 2 saturated heterocycles. The van der Waals surface area contributed by atoms with Crippen molar-refractivity contribution in [2.75, 3.05) is 51.6 Å². The van der Waals surface area contributed by atoms with Gasteiger partial charge in [-0.2, -0.15) is 12.6 Å². The van der Waals surface area contributed by atoms with E-state index in [1.807, 2.05) is 0 Å². The van der Waals surface area contributed by atoms with Crippen molar-refractivity contribution in [3.05, 3.63) is 35.9 Å². The molecule has 0 spiro atoms. The summed E-state index contributed by atoms with van der Waals surface area (Å²) in [6.45, 7) is 14.4. The number of aliphatic hydroxyl groups excluding tert-OH is 1. The quantitative estimate of drug-likeness (QED) is 0.0125. The Hall–Kier alpha value is -14.9. The monoisotopic (exact) mass is 2140 g/mol. The molecule has 1 aromatic carbocycles. The van der Waals surface area contributed by atoms with Crippen LogP contribution in [0.3, 0.4) is 0 Å². The third-order valence-corrected chi connectivity index (χ3v) is 24.4. The maximum absolute atomic E-state index is 14.9. The number of rotatable bonds is 67. The van der Waals surface area contributed by atoms with Crippen LogP contribution in [0.15, 0.2) is 45.3 Å². The van der Waals surface area contributed by atoms with Crippen LogP contribution < -0.4 is 125 Å². The number of nitrogens with zero attached hydrogens (tertiary/aromatic N) is 5. The Bertz CT molecular complexity index is 4940. The number of likely N-dealkylation sites (tertiary alicyclic amines) is 2. The number of aliphatic carboxylic acids is 5. The number of carbonyl (C=O) groups excluding carboxylic acids is 18. The molecule has 0 aliphatic carbocycles. The highest BCUT2D eigenvalue weighted by Gasteiger charge is 2.46. The highest BCUT2D eigenvalue weighted by Crippen LogP contribution is 2.26. The lowest BCUT2D eigenvalue weighted by Crippen LogP contribution is -2.62. The summed E-state index contributed by atoms with van der Waals surface area (Å²) in [4.78, 5) is 329. The molecule has 0 aromatic heterocycles. The van der Waals surface area contributed by atoms with Crippen LogP contribution in [-0.2, 0) is 117 Å². The van der Waals surface area contributed by atoms with Crippen LogP contribution in [-0.4, -0.2) is 355 Å². The van der Waals surface area contributed by atoms with Crippen molar-refractivity contribution >= 4 is 167 Å². The SMILES string of the molecule is CC[C@H](C)[C@H](NC(=O)[C@@H]1CCCN1C(=O)[C@@H](NC(=O)[C@H](CC(=O)O)NC(=O)[C@H](CC(C)C)NC(=O)[C@@H](N)CC(=O)O)C(C)C)C(=O)N1CCC[C@H]1C(=O)NCC(=O)N[C@@H](CCCN=C(N)N)C(=O)N[C@@H](Cc1ccccc1)C(=O)N[C@@H](CC(=O)O)C(=O)N[C@@H](CCCN=C(N)N)C(=O)N[C@@H](CCCN=C(N)N)C(=O)N[C@H](C(=O)N[C@@H](CO)C(=O)N[C@H](C(=O)N[C@@H](CS)C(=O)N[C@@H](C)C(=O)N[C@@H](CCC(=O)O)C(=O)O)C(C)C)C(C)C. The lowest BCUT2D eigenvalue weighted by molar-refractivity contribution is -0.146. The molecule has 838 valence electrons. The fourth-order valence-corrected chi connectivity index (χ4v) is 15.9. The number of hydrogen-bond donors (Lipinski definition) is 30. The van der Waals surface area contributed by atoms with E-state index in [9.17, 15) is 136 Å². The second-order valence-electron chi connectivity index (χ2n) is 37.8. The topological polar surface area (TPSA) is 932 Å². The molecule has 2 aliphatic rings. The number of carboxylic acids is 5. The summed E-state index contributed by atoms with van der Waals surface area (Å²) in [6.07, 6.45) is -4.91. The van der Waals surface area contributed by atoms with Crippen molar-refractivity contribution in [2.45, 2.75) is 300 Å². The molecule has 58 heteroatoms. The molecular formula is C92H150N28O29S. The number of hydrogen-bond acceptors (Lipinski definition) is 29. The van der Waals surface area contributed by atoms with Gasteiger partial charge in [0.25, 0.3) is 0 Å². The lowest BCUT2D eigenvalue weighted by Gasteiger charge is -2.34. The number of benzene rings is 1. The normalized spacial score (nSPS) is 16.6. The van der Waals surface area contributed by atoms with Crippen LogP contribution >= 0.6 is 12.6 Å². The number of carboxylic acid groups (broad SMARTS) is 5. The Labute approximate surface area is 871 Å². The van der Waals surface area contributed by atoms with Gasteiger partial charge in [0.2, 0.25) is 106 Å². The van der Waals surface area contributed by atoms with Gasteiger partial charge in [-0.25, -0.2) is 4.79 Å². The van der Waals surface area contributed by atoms with Crippen LogP contribution in [0.1, 0.15) is 191 Å². The first-order valence-electron chi connectivity index (χ1n) is 49.1. The molecule has 150 heavy (non-hydrogen) atoms. The van der Waals surface area contributed by atoms with E-state index in [0.29, 0.717) is 5.56 Å². The first-order chi connectivity index (χ1) is 70.4. The van der Waals surface area contributed by atoms with Gasteiger partial charge in [0, 0.05) is 51.3 Å². The summed E-state index contributed by atoms with van der Waals surface area (Å²) in [6, 6.07) is -20.8. The molecule has 18 amide bonds. The third-order valence-electron chi connectivity index (χ3n) is 24.0. The number of carbonyl (C=O) groups is 23. The number of amides is 18. The summed E-state index contributed by atoms with van der Waals surface area (Å²) in [5.41, 5.74) is 39.7. The van der Waals surface area contributed by atoms with E-state index in [1.165, 1.54) is 44.4 Å². The molecule has 36 N–H and O–H groups in total. The van der Waals surface area contributed by atoms with Crippen molar-refractivity contribution < 1.29 is 141 Å². The summed E-state index contributed by atoms with van der Waals surface area (Å²) >= 11 is 4.13. The van der Waals surface area contributed by atoms with Gasteiger partial charge in [-0.15, -0.1) is 0 Å². The minimum atomic E-state index is -2.12. The largest absolute Gasteiger partial charge is 0.481 e. The average Bonchev–Trinajstić information content (AvgIpc) is 1.62. The van der Waals surface area contributed by atoms with E-state index < -0.39 is 338 Å². The molecule has 2 heterocycles. The van der Waals surface area contributed by atoms with Gasteiger partial charge in [-0.05, 0) is 119 Å². The lowest BCUT2D eigenvalue weighted by atomic mass is 9.96. The molecular weight excluding hydrogens is 1990 g/mol. The molecule has 19 atom stereocenters. The van der Waals surface area contributed by atoms with Gasteiger partial charge < -0.3 is 166 Å². The number of nitrogens with one attached hydrogen (secondary N) is 16. The Morgan fingerprint density at radius 1 is 0.393 bits per heavy atom. The smallest absolute Gasteiger partial charge is 0.326 e. The second-order valence-corrected chi connectivity index (χ2v) is 38.1. The zero-order valence-corrected chi connectivity index (χ0v) is 86.7. The van der Waals surface area contributed by atoms with Gasteiger partial charge in [0.1, 0.15) is 103 Å². The molecule has 0 saturated carbocycles. The average molecular weight is 2140 g/mol. The maximum atomic E-state index is 14.9. The summed E-state index contributed by atoms with van der Waals surface area (Å²) in [5, 5.41) is 97.4. The first kappa shape index (κ1) is 129. The van der Waals surface area contributed by atoms with Crippen LogP contribution in [0.4, 0.5) is 0 Å². The predicted molar refractivity (Wildman–Crippen MR) is 541 cm³/mol. The van der Waals surface area contributed by atoms with Crippen molar-refractivity contribution in [3.63, 3.8) is 0 Å². The fraction of sp³-hybridized carbons (Fsp3) is 0.652. The fourth-order valence-electron chi connectivity index (χ4n) is 15.7. The number of aliphatic hydroxyl groups is 1. The van der Waals surface area contributed by atoms with Gasteiger partial charge in [0.15, 0.2) is 17.9 Å². The van der Waals surface area contributed by atoms with Gasteiger partial charge in [-0.1, -0.05) is 106 Å². The molecule has 2 aliphatic heterocycles. The Kier molecular flexibility index (Phi) is 56.1. The van der Waals surface area contributed by atoms with Crippen LogP contribution in [0.2, 0.25) is 0 Å². The molecule has 57 nitrogen and oxygen atoms in total. The summed E-state index contributed by atoms with van der Waals surface area (Å²) < 4.78 is 0. The molecule has 0 unspecified atom stereocenters. The standard InChI is InChI=1S/C92H150N28O29S/c1-12-47(10)71(118-84(143)62-27-20-34-120(62)87(146)70(46(8)9)117-80(139)58(39-67(129)130)112-77(136)55(35-43(2)3)109-73(132)50(93)37-65(125)126)88(147)119-33-19-26-61(119)83(142)103-40-63(122)105-51(23-16-30-100-90(94)95)74(133)110-56(36-49-21-14-13-15-22-49)78(137)111-57(38-66(127)128)79(138)107-52(24-17-31-101-91(96)97)75(134)106-53(25-18-32-102-92(98)99)76(135)115-68(44(4)5)85(144)113-59(41-121)81(140)116-69(45(6)7)86(145)114-60(42-150)82(141)104-48(11)72(131)108-54(89(148)149)28-29-64(123)124/h13-15,21-22,43-48,50-62,68-71,121,150H,12,16-20,23-42,93H2,1-11H3,(H,103,142)(H,104,141)(H,105,122)(H,106,134)(H,107,138)(H,108,131)(H,109,132)(H,110,133)(H,111,137)(H,112,136)(H,113,144)(H,114,145)(H,115,135)(H,116,140)(H,117,139)(H,118,143)(H,123,124)(H,125,126)(H,127,128)(H,129,130)(H,148,149)(H4,94,95,100)(H4,96,97,101)(H4,98,99,102)/t47-,48-,50-,51-,52-,53-,54-,55-,56-,57-,58-,59-,60-,61-,62-,68-,69-,70-,71-/m0/s1. The van der Waals surface area contributed by atoms with Gasteiger partial charge >= 0.3 is 29.8 Å². The number of aliphatic imine (C=N–C) groups is 3. The predicted octanol–water partition coefficient (Wildman–Crippen LogP) is -9.54. The van der Waals surface area contributed by atoms with E-state index >= 15 is 0 Å². The minimum absolute atomic E-state index is 0.0162. The van der Waals surface area contributed by atoms with E-state index in [-0.39, 0.29) is 121 Å². The zero-order chi connectivity index (χ0) is 113. The van der Waals surface area contributed by atoms with E-state index in [1.54, 1.807) is 71.9 Å². The maximum Gasteiger partial charge on any atom is 0.326 e. The van der Waals surface area contributed by atoms with Crippen molar-refractivity contribution in [1.82, 2.24) is 94.9 Å². The zero-order valence-electron chi connectivity index (χ0n) is 85.8. The Morgan fingerprint density at radius 3 is 1.19 bits per heavy atom. The highest BCUT2D eigenvalue weighted by molar-refractivity contribution is 7.80. The van der Waals surface area contributed by atoms with E-state index in [0.717, 1.165) is 0 Å². The van der Waals surface area contributed by atoms with Crippen molar-refractivity contribution in [3.8, 4) is 0 Å². The molecule has 1 aromatic rings. The van der Waals surface area contributed by atoms with Crippen molar-refractivity contribution in [2.24, 2.45) is 84.7 Å². The van der Waals surface area contributed by atoms with Crippen LogP contribution in [0.5, 0.6) is 0 Å². The van der Waals surface area contributed by atoms with Gasteiger partial charge in [0.05, 0.1) is 38.5 Å². The molecule has 0 bridgehead atoms. The van der Waals surface area contributed by atoms with E-state index in [2.05, 4.69) is 113 Å². The summed E-state index contributed by atoms with van der Waals surface area (Å²) in [5.74, 6) is -30.9. The number of guanidine groups is 3. The Balaban J connectivity index is 1.95. The molecule has 2 fully saturated rings. The third kappa shape index (κ3) is 45.4. The highest BCUT2D eigenvalue weighted by atomic mass is 32.1.